The SMILES string of the molecule is Cn1ncnc1COc1ccccc1S(=O)(=O)c1ccc(/C=C/c2ccc(F)cc2F)nc1. The van der Waals surface area contributed by atoms with Crippen molar-refractivity contribution in [3.63, 3.8) is 0 Å². The van der Waals surface area contributed by atoms with Gasteiger partial charge >= 0.3 is 0 Å². The van der Waals surface area contributed by atoms with Gasteiger partial charge in [0.25, 0.3) is 0 Å². The Morgan fingerprint density at radius 3 is 2.55 bits per heavy atom. The van der Waals surface area contributed by atoms with Crippen LogP contribution < -0.4 is 4.74 Å². The molecular weight excluding hydrogens is 450 g/mol. The molecule has 0 aliphatic rings. The highest BCUT2D eigenvalue weighted by Gasteiger charge is 2.22. The Balaban J connectivity index is 1.55. The van der Waals surface area contributed by atoms with Crippen LogP contribution >= 0.6 is 0 Å². The van der Waals surface area contributed by atoms with E-state index in [1.165, 1.54) is 53.6 Å². The number of hydrogen-bond acceptors (Lipinski definition) is 6. The molecule has 10 heteroatoms. The van der Waals surface area contributed by atoms with E-state index in [9.17, 15) is 17.2 Å². The van der Waals surface area contributed by atoms with Crippen molar-refractivity contribution in [1.82, 2.24) is 19.7 Å². The summed E-state index contributed by atoms with van der Waals surface area (Å²) in [6.45, 7) is 0.0466. The Hall–Kier alpha value is -3.92. The molecule has 0 unspecified atom stereocenters. The minimum Gasteiger partial charge on any atom is -0.484 e. The second-order valence-corrected chi connectivity index (χ2v) is 8.87. The van der Waals surface area contributed by atoms with Gasteiger partial charge < -0.3 is 4.74 Å². The van der Waals surface area contributed by atoms with Crippen LogP contribution in [0.2, 0.25) is 0 Å². The van der Waals surface area contributed by atoms with Gasteiger partial charge in [-0.1, -0.05) is 12.1 Å². The standard InChI is InChI=1S/C23H18F2N4O3S/c1-29-23(27-15-28-29)14-32-21-4-2-3-5-22(21)33(30,31)19-11-10-18(26-13-19)9-7-16-6-8-17(24)12-20(16)25/h2-13,15H,14H2,1H3/b9-7+. The lowest BCUT2D eigenvalue weighted by Crippen LogP contribution is -2.08. The minimum absolute atomic E-state index is 0.00866. The Kier molecular flexibility index (Phi) is 6.27. The highest BCUT2D eigenvalue weighted by molar-refractivity contribution is 7.91. The van der Waals surface area contributed by atoms with Crippen LogP contribution in [-0.2, 0) is 23.5 Å². The van der Waals surface area contributed by atoms with Crippen LogP contribution in [0.1, 0.15) is 17.1 Å². The highest BCUT2D eigenvalue weighted by atomic mass is 32.2. The molecule has 0 saturated heterocycles. The molecule has 0 atom stereocenters. The third-order valence-corrected chi connectivity index (χ3v) is 6.54. The smallest absolute Gasteiger partial charge is 0.211 e. The van der Waals surface area contributed by atoms with Crippen LogP contribution in [0.3, 0.4) is 0 Å². The van der Waals surface area contributed by atoms with Crippen molar-refractivity contribution in [2.75, 3.05) is 0 Å². The number of benzene rings is 2. The fourth-order valence-electron chi connectivity index (χ4n) is 2.97. The molecule has 0 bridgehead atoms. The van der Waals surface area contributed by atoms with Gasteiger partial charge in [0.2, 0.25) is 9.84 Å². The Labute approximate surface area is 188 Å². The summed E-state index contributed by atoms with van der Waals surface area (Å²) >= 11 is 0. The molecule has 4 aromatic rings. The van der Waals surface area contributed by atoms with Gasteiger partial charge in [0, 0.05) is 24.9 Å². The molecule has 33 heavy (non-hydrogen) atoms. The van der Waals surface area contributed by atoms with Gasteiger partial charge in [0.15, 0.2) is 5.82 Å². The number of pyridine rings is 1. The molecule has 2 heterocycles. The van der Waals surface area contributed by atoms with E-state index in [-0.39, 0.29) is 27.7 Å². The van der Waals surface area contributed by atoms with E-state index in [0.29, 0.717) is 11.5 Å². The molecule has 168 valence electrons. The summed E-state index contributed by atoms with van der Waals surface area (Å²) in [5.74, 6) is -0.657. The molecule has 2 aromatic carbocycles. The highest BCUT2D eigenvalue weighted by Crippen LogP contribution is 2.29. The maximum absolute atomic E-state index is 13.8. The Morgan fingerprint density at radius 1 is 1.03 bits per heavy atom. The second-order valence-electron chi connectivity index (χ2n) is 6.96. The average Bonchev–Trinajstić information content (AvgIpc) is 3.22. The van der Waals surface area contributed by atoms with Gasteiger partial charge in [-0.05, 0) is 48.6 Å². The molecule has 0 amide bonds. The average molecular weight is 468 g/mol. The minimum atomic E-state index is -3.92. The number of halogens is 2. The number of aromatic nitrogens is 4. The van der Waals surface area contributed by atoms with E-state index in [0.717, 1.165) is 12.1 Å². The van der Waals surface area contributed by atoms with Gasteiger partial charge in [0.1, 0.15) is 35.2 Å². The van der Waals surface area contributed by atoms with E-state index in [4.69, 9.17) is 4.74 Å². The third-order valence-electron chi connectivity index (χ3n) is 4.77. The fourth-order valence-corrected chi connectivity index (χ4v) is 4.31. The van der Waals surface area contributed by atoms with Gasteiger partial charge in [0.05, 0.1) is 10.6 Å². The molecule has 4 rings (SSSR count). The second kappa shape index (κ2) is 9.29. The molecule has 0 aliphatic heterocycles. The fraction of sp³-hybridized carbons (Fsp3) is 0.0870. The lowest BCUT2D eigenvalue weighted by atomic mass is 10.2. The molecule has 0 saturated carbocycles. The van der Waals surface area contributed by atoms with E-state index in [1.807, 2.05) is 0 Å². The monoisotopic (exact) mass is 468 g/mol. The quantitative estimate of drug-likeness (QED) is 0.406. The largest absolute Gasteiger partial charge is 0.484 e. The number of ether oxygens (including phenoxy) is 1. The molecule has 0 radical (unpaired) electrons. The Morgan fingerprint density at radius 2 is 1.85 bits per heavy atom. The summed E-state index contributed by atoms with van der Waals surface area (Å²) < 4.78 is 60.4. The van der Waals surface area contributed by atoms with Gasteiger partial charge in [-0.2, -0.15) is 5.10 Å². The molecule has 7 nitrogen and oxygen atoms in total. The lowest BCUT2D eigenvalue weighted by Gasteiger charge is -2.12. The molecule has 0 aliphatic carbocycles. The number of aryl methyl sites for hydroxylation is 1. The Bertz CT molecular complexity index is 1420. The van der Waals surface area contributed by atoms with Crippen molar-refractivity contribution in [2.24, 2.45) is 7.05 Å². The normalized spacial score (nSPS) is 11.7. The maximum atomic E-state index is 13.8. The lowest BCUT2D eigenvalue weighted by molar-refractivity contribution is 0.282. The van der Waals surface area contributed by atoms with Crippen molar-refractivity contribution in [1.29, 1.82) is 0 Å². The van der Waals surface area contributed by atoms with Gasteiger partial charge in [-0.25, -0.2) is 22.2 Å². The molecule has 0 spiro atoms. The van der Waals surface area contributed by atoms with E-state index in [1.54, 1.807) is 25.2 Å². The number of rotatable bonds is 7. The van der Waals surface area contributed by atoms with Gasteiger partial charge in [-0.15, -0.1) is 0 Å². The predicted molar refractivity (Wildman–Crippen MR) is 117 cm³/mol. The summed E-state index contributed by atoms with van der Waals surface area (Å²) in [4.78, 5) is 8.16. The van der Waals surface area contributed by atoms with Crippen LogP contribution in [0.15, 0.2) is 76.9 Å². The van der Waals surface area contributed by atoms with E-state index >= 15 is 0 Å². The van der Waals surface area contributed by atoms with Crippen LogP contribution in [0.4, 0.5) is 8.78 Å². The van der Waals surface area contributed by atoms with Crippen molar-refractivity contribution < 1.29 is 21.9 Å². The van der Waals surface area contributed by atoms with Crippen molar-refractivity contribution >= 4 is 22.0 Å². The molecular formula is C23H18F2N4O3S. The van der Waals surface area contributed by atoms with Crippen LogP contribution in [0, 0.1) is 11.6 Å². The first kappa shape index (κ1) is 22.3. The molecule has 0 fully saturated rings. The van der Waals surface area contributed by atoms with Crippen molar-refractivity contribution in [3.8, 4) is 5.75 Å². The molecule has 2 aromatic heterocycles. The topological polar surface area (TPSA) is 87.0 Å². The first-order valence-corrected chi connectivity index (χ1v) is 11.2. The zero-order valence-corrected chi connectivity index (χ0v) is 18.2. The third kappa shape index (κ3) is 4.96. The first-order valence-electron chi connectivity index (χ1n) is 9.73. The first-order chi connectivity index (χ1) is 15.8. The van der Waals surface area contributed by atoms with Gasteiger partial charge in [-0.3, -0.25) is 9.67 Å². The number of hydrogen-bond donors (Lipinski definition) is 0. The predicted octanol–water partition coefficient (Wildman–Crippen LogP) is 4.07. The van der Waals surface area contributed by atoms with Crippen LogP contribution in [0.5, 0.6) is 5.75 Å². The summed E-state index contributed by atoms with van der Waals surface area (Å²) in [7, 11) is -2.21. The summed E-state index contributed by atoms with van der Waals surface area (Å²) in [5.41, 5.74) is 0.591. The maximum Gasteiger partial charge on any atom is 0.211 e. The summed E-state index contributed by atoms with van der Waals surface area (Å²) in [5, 5.41) is 3.95. The summed E-state index contributed by atoms with van der Waals surface area (Å²) in [6.07, 6.45) is 5.54. The van der Waals surface area contributed by atoms with E-state index in [2.05, 4.69) is 15.1 Å². The zero-order chi connectivity index (χ0) is 23.4. The van der Waals surface area contributed by atoms with Crippen LogP contribution in [0.25, 0.3) is 12.2 Å². The number of para-hydroxylation sites is 1. The van der Waals surface area contributed by atoms with Crippen LogP contribution in [-0.4, -0.2) is 28.2 Å². The number of sulfone groups is 1. The zero-order valence-electron chi connectivity index (χ0n) is 17.4. The van der Waals surface area contributed by atoms with E-state index < -0.39 is 21.5 Å². The van der Waals surface area contributed by atoms with Crippen molar-refractivity contribution in [3.05, 3.63) is 95.8 Å². The van der Waals surface area contributed by atoms with Crippen molar-refractivity contribution in [2.45, 2.75) is 16.4 Å². The molecule has 0 N–H and O–H groups in total. The summed E-state index contributed by atoms with van der Waals surface area (Å²) in [6, 6.07) is 12.4. The number of nitrogens with zero attached hydrogens (tertiary/aromatic N) is 4.